The largest absolute Gasteiger partial charge is 0.394 e. The molecule has 0 radical (unpaired) electrons. The van der Waals surface area contributed by atoms with Gasteiger partial charge in [-0.05, 0) is 22.6 Å². The zero-order valence-corrected chi connectivity index (χ0v) is 19.8. The second kappa shape index (κ2) is 9.83. The van der Waals surface area contributed by atoms with Crippen molar-refractivity contribution in [2.75, 3.05) is 36.5 Å². The number of benzene rings is 2. The monoisotopic (exact) mass is 456 g/mol. The van der Waals surface area contributed by atoms with Crippen LogP contribution in [0.5, 0.6) is 0 Å². The third-order valence-corrected chi connectivity index (χ3v) is 6.50. The van der Waals surface area contributed by atoms with Gasteiger partial charge in [-0.1, -0.05) is 68.4 Å². The van der Waals surface area contributed by atoms with Gasteiger partial charge < -0.3 is 20.6 Å². The van der Waals surface area contributed by atoms with Crippen molar-refractivity contribution in [3.63, 3.8) is 0 Å². The first-order valence-corrected chi connectivity index (χ1v) is 12.0. The van der Waals surface area contributed by atoms with Gasteiger partial charge in [0, 0.05) is 37.8 Å². The highest BCUT2D eigenvalue weighted by atomic mass is 16.3. The van der Waals surface area contributed by atoms with Gasteiger partial charge in [-0.25, -0.2) is 4.98 Å². The minimum atomic E-state index is 0.00695. The zero-order chi connectivity index (χ0) is 23.5. The Hall–Kier alpha value is -3.42. The molecule has 1 aliphatic rings. The number of fused-ring (bicyclic) bond motifs is 1. The lowest BCUT2D eigenvalue weighted by Crippen LogP contribution is -2.53. The highest BCUT2D eigenvalue weighted by molar-refractivity contribution is 5.64. The number of aliphatic hydroxyl groups is 1. The fraction of sp³-hybridized carbons (Fsp3) is 0.333. The van der Waals surface area contributed by atoms with Crippen LogP contribution in [0.1, 0.15) is 30.9 Å². The summed E-state index contributed by atoms with van der Waals surface area (Å²) in [6, 6.07) is 21.1. The fourth-order valence-corrected chi connectivity index (χ4v) is 4.51. The van der Waals surface area contributed by atoms with Gasteiger partial charge in [0.25, 0.3) is 0 Å². The summed E-state index contributed by atoms with van der Waals surface area (Å²) >= 11 is 0. The van der Waals surface area contributed by atoms with Crippen molar-refractivity contribution in [1.29, 1.82) is 0 Å². The molecule has 7 nitrogen and oxygen atoms in total. The number of hydrogen-bond acceptors (Lipinski definition) is 6. The maximum absolute atomic E-state index is 9.92. The Labute approximate surface area is 200 Å². The molecule has 7 heteroatoms. The Morgan fingerprint density at radius 2 is 1.85 bits per heavy atom. The zero-order valence-electron chi connectivity index (χ0n) is 19.8. The molecular weight excluding hydrogens is 424 g/mol. The van der Waals surface area contributed by atoms with Gasteiger partial charge in [-0.15, -0.1) is 0 Å². The van der Waals surface area contributed by atoms with Crippen molar-refractivity contribution in [2.45, 2.75) is 32.4 Å². The second-order valence-electron chi connectivity index (χ2n) is 9.14. The SMILES string of the molecule is CC(C)c1cnn2c(NCc3ccc(-c4ccccc4)cc3)cc(N3CCNC[C@H]3CO)nc12. The summed E-state index contributed by atoms with van der Waals surface area (Å²) < 4.78 is 1.90. The van der Waals surface area contributed by atoms with Gasteiger partial charge in [-0.2, -0.15) is 9.61 Å². The number of nitrogens with zero attached hydrogens (tertiary/aromatic N) is 4. The van der Waals surface area contributed by atoms with E-state index in [0.717, 1.165) is 42.5 Å². The van der Waals surface area contributed by atoms with Crippen LogP contribution in [0, 0.1) is 0 Å². The van der Waals surface area contributed by atoms with Gasteiger partial charge in [0.15, 0.2) is 5.65 Å². The normalized spacial score (nSPS) is 16.4. The summed E-state index contributed by atoms with van der Waals surface area (Å²) in [7, 11) is 0. The van der Waals surface area contributed by atoms with Gasteiger partial charge >= 0.3 is 0 Å². The lowest BCUT2D eigenvalue weighted by molar-refractivity contribution is 0.246. The summed E-state index contributed by atoms with van der Waals surface area (Å²) in [6.07, 6.45) is 1.91. The first kappa shape index (κ1) is 22.4. The molecule has 5 rings (SSSR count). The molecule has 3 N–H and O–H groups in total. The van der Waals surface area contributed by atoms with Crippen LogP contribution in [0.25, 0.3) is 16.8 Å². The second-order valence-corrected chi connectivity index (χ2v) is 9.14. The summed E-state index contributed by atoms with van der Waals surface area (Å²) in [6.45, 7) is 7.51. The standard InChI is InChI=1S/C27H32N6O/c1-19(2)24-17-30-33-25(14-26(31-27(24)33)32-13-12-28-16-23(32)18-34)29-15-20-8-10-22(11-9-20)21-6-4-3-5-7-21/h3-11,14,17,19,23,28-29,34H,12-13,15-16,18H2,1-2H3/t23-/m0/s1. The molecule has 4 aromatic rings. The maximum Gasteiger partial charge on any atom is 0.163 e. The molecule has 34 heavy (non-hydrogen) atoms. The number of anilines is 2. The molecule has 0 aliphatic carbocycles. The first-order valence-electron chi connectivity index (χ1n) is 12.0. The lowest BCUT2D eigenvalue weighted by atomic mass is 10.0. The number of rotatable bonds is 7. The van der Waals surface area contributed by atoms with Gasteiger partial charge in [0.1, 0.15) is 11.6 Å². The number of aliphatic hydroxyl groups excluding tert-OH is 1. The Morgan fingerprint density at radius 3 is 2.59 bits per heavy atom. The van der Waals surface area contributed by atoms with Crippen LogP contribution in [0.4, 0.5) is 11.6 Å². The van der Waals surface area contributed by atoms with E-state index in [1.54, 1.807) is 0 Å². The van der Waals surface area contributed by atoms with Crippen LogP contribution in [0.15, 0.2) is 66.9 Å². The van der Waals surface area contributed by atoms with Crippen LogP contribution in [-0.4, -0.2) is 52.0 Å². The van der Waals surface area contributed by atoms with Crippen molar-refractivity contribution < 1.29 is 5.11 Å². The van der Waals surface area contributed by atoms with Crippen molar-refractivity contribution >= 4 is 17.3 Å². The van der Waals surface area contributed by atoms with Crippen LogP contribution in [0.3, 0.4) is 0 Å². The summed E-state index contributed by atoms with van der Waals surface area (Å²) in [5, 5.41) is 21.5. The van der Waals surface area contributed by atoms with Crippen LogP contribution in [0.2, 0.25) is 0 Å². The molecule has 2 aromatic heterocycles. The van der Waals surface area contributed by atoms with E-state index in [1.165, 1.54) is 16.7 Å². The average Bonchev–Trinajstić information content (AvgIpc) is 3.32. The topological polar surface area (TPSA) is 77.7 Å². The smallest absolute Gasteiger partial charge is 0.163 e. The van der Waals surface area contributed by atoms with Crippen molar-refractivity contribution in [2.24, 2.45) is 0 Å². The number of nitrogens with one attached hydrogen (secondary N) is 2. The van der Waals surface area contributed by atoms with Gasteiger partial charge in [0.05, 0.1) is 18.8 Å². The molecule has 1 fully saturated rings. The molecule has 1 saturated heterocycles. The summed E-state index contributed by atoms with van der Waals surface area (Å²) in [5.74, 6) is 2.09. The number of hydrogen-bond donors (Lipinski definition) is 3. The van der Waals surface area contributed by atoms with Crippen LogP contribution < -0.4 is 15.5 Å². The third kappa shape index (κ3) is 4.49. The molecular formula is C27H32N6O. The van der Waals surface area contributed by atoms with Crippen LogP contribution in [-0.2, 0) is 6.54 Å². The number of piperazine rings is 1. The average molecular weight is 457 g/mol. The Kier molecular flexibility index (Phi) is 6.47. The van der Waals surface area contributed by atoms with Crippen molar-refractivity contribution in [3.05, 3.63) is 78.0 Å². The molecule has 0 unspecified atom stereocenters. The highest BCUT2D eigenvalue weighted by Gasteiger charge is 2.25. The Bertz CT molecular complexity index is 1240. The molecule has 2 aromatic carbocycles. The Balaban J connectivity index is 1.44. The van der Waals surface area contributed by atoms with E-state index in [4.69, 9.17) is 4.98 Å². The van der Waals surface area contributed by atoms with E-state index in [-0.39, 0.29) is 12.6 Å². The summed E-state index contributed by atoms with van der Waals surface area (Å²) in [5.41, 5.74) is 5.60. The quantitative estimate of drug-likeness (QED) is 0.392. The molecule has 1 aliphatic heterocycles. The highest BCUT2D eigenvalue weighted by Crippen LogP contribution is 2.27. The first-order chi connectivity index (χ1) is 16.6. The minimum Gasteiger partial charge on any atom is -0.394 e. The molecule has 1 atom stereocenters. The molecule has 0 spiro atoms. The lowest BCUT2D eigenvalue weighted by Gasteiger charge is -2.36. The predicted octanol–water partition coefficient (Wildman–Crippen LogP) is 3.90. The van der Waals surface area contributed by atoms with Gasteiger partial charge in [0.2, 0.25) is 0 Å². The third-order valence-electron chi connectivity index (χ3n) is 6.50. The van der Waals surface area contributed by atoms with E-state index in [1.807, 2.05) is 16.8 Å². The fourth-order valence-electron chi connectivity index (χ4n) is 4.51. The molecule has 0 bridgehead atoms. The van der Waals surface area contributed by atoms with E-state index >= 15 is 0 Å². The molecule has 0 saturated carbocycles. The molecule has 176 valence electrons. The van der Waals surface area contributed by atoms with Gasteiger partial charge in [-0.3, -0.25) is 0 Å². The van der Waals surface area contributed by atoms with E-state index in [0.29, 0.717) is 12.5 Å². The van der Waals surface area contributed by atoms with Crippen molar-refractivity contribution in [1.82, 2.24) is 19.9 Å². The molecule has 0 amide bonds. The molecule has 3 heterocycles. The Morgan fingerprint density at radius 1 is 1.09 bits per heavy atom. The predicted molar refractivity (Wildman–Crippen MR) is 137 cm³/mol. The van der Waals surface area contributed by atoms with E-state index < -0.39 is 0 Å². The van der Waals surface area contributed by atoms with Crippen molar-refractivity contribution in [3.8, 4) is 11.1 Å². The van der Waals surface area contributed by atoms with E-state index in [9.17, 15) is 5.11 Å². The maximum atomic E-state index is 9.92. The van der Waals surface area contributed by atoms with E-state index in [2.05, 4.69) is 89.1 Å². The van der Waals surface area contributed by atoms with Crippen LogP contribution >= 0.6 is 0 Å². The minimum absolute atomic E-state index is 0.00695. The number of aromatic nitrogens is 3. The summed E-state index contributed by atoms with van der Waals surface area (Å²) in [4.78, 5) is 7.19.